The summed E-state index contributed by atoms with van der Waals surface area (Å²) in [6.07, 6.45) is 2.84. The van der Waals surface area contributed by atoms with Gasteiger partial charge in [-0.2, -0.15) is 5.10 Å². The van der Waals surface area contributed by atoms with E-state index < -0.39 is 15.9 Å². The molecule has 1 aromatic carbocycles. The van der Waals surface area contributed by atoms with Gasteiger partial charge in [0.15, 0.2) is 5.82 Å². The van der Waals surface area contributed by atoms with Crippen molar-refractivity contribution in [3.8, 4) is 17.1 Å². The Kier molecular flexibility index (Phi) is 5.64. The number of nitrogens with one attached hydrogen (secondary N) is 3. The highest BCUT2D eigenvalue weighted by atomic mass is 32.2. The van der Waals surface area contributed by atoms with Gasteiger partial charge in [0.2, 0.25) is 15.9 Å². The normalized spacial score (nSPS) is 11.1. The first-order chi connectivity index (χ1) is 13.8. The van der Waals surface area contributed by atoms with E-state index in [9.17, 15) is 13.2 Å². The Hall–Kier alpha value is -3.67. The predicted octanol–water partition coefficient (Wildman–Crippen LogP) is 1.48. The second kappa shape index (κ2) is 8.14. The molecule has 0 aliphatic carbocycles. The van der Waals surface area contributed by atoms with E-state index >= 15 is 0 Å². The summed E-state index contributed by atoms with van der Waals surface area (Å²) >= 11 is 0. The number of hydrogen-bond donors (Lipinski definition) is 4. The van der Waals surface area contributed by atoms with Crippen molar-refractivity contribution < 1.29 is 17.9 Å². The van der Waals surface area contributed by atoms with Gasteiger partial charge >= 0.3 is 0 Å². The molecule has 0 spiro atoms. The molecular formula is C17H19N7O4S. The lowest BCUT2D eigenvalue weighted by Crippen LogP contribution is -2.14. The molecule has 2 heterocycles. The van der Waals surface area contributed by atoms with Gasteiger partial charge in [-0.05, 0) is 19.1 Å². The quantitative estimate of drug-likeness (QED) is 0.428. The van der Waals surface area contributed by atoms with Crippen LogP contribution in [-0.4, -0.2) is 47.4 Å². The van der Waals surface area contributed by atoms with E-state index in [4.69, 9.17) is 10.5 Å². The van der Waals surface area contributed by atoms with Crippen LogP contribution < -0.4 is 20.5 Å². The third-order valence-corrected chi connectivity index (χ3v) is 5.23. The van der Waals surface area contributed by atoms with Crippen LogP contribution >= 0.6 is 0 Å². The monoisotopic (exact) mass is 417 g/mol. The third kappa shape index (κ3) is 4.60. The molecule has 2 aromatic heterocycles. The van der Waals surface area contributed by atoms with Crippen LogP contribution in [0.5, 0.6) is 5.88 Å². The Bertz CT molecular complexity index is 1110. The van der Waals surface area contributed by atoms with Crippen LogP contribution in [0.3, 0.4) is 0 Å². The van der Waals surface area contributed by atoms with Crippen molar-refractivity contribution >= 4 is 33.3 Å². The van der Waals surface area contributed by atoms with Gasteiger partial charge in [-0.3, -0.25) is 14.6 Å². The lowest BCUT2D eigenvalue weighted by Gasteiger charge is -2.08. The minimum Gasteiger partial charge on any atom is -0.480 e. The predicted molar refractivity (Wildman–Crippen MR) is 107 cm³/mol. The summed E-state index contributed by atoms with van der Waals surface area (Å²) in [4.78, 5) is 20.2. The van der Waals surface area contributed by atoms with Crippen molar-refractivity contribution in [2.45, 2.75) is 6.92 Å². The fourth-order valence-electron chi connectivity index (χ4n) is 2.45. The van der Waals surface area contributed by atoms with E-state index in [2.05, 4.69) is 30.2 Å². The number of H-pyrrole nitrogens is 1. The number of ether oxygens (including phenoxy) is 1. The zero-order chi connectivity index (χ0) is 21.0. The van der Waals surface area contributed by atoms with E-state index in [0.717, 1.165) is 0 Å². The molecule has 0 bridgehead atoms. The minimum atomic E-state index is -3.38. The number of nitrogens with zero attached hydrogens (tertiary/aromatic N) is 3. The first kappa shape index (κ1) is 20.1. The second-order valence-electron chi connectivity index (χ2n) is 5.84. The molecule has 0 atom stereocenters. The molecule has 12 heteroatoms. The summed E-state index contributed by atoms with van der Waals surface area (Å²) in [5.74, 6) is 0.129. The molecule has 0 aliphatic rings. The van der Waals surface area contributed by atoms with Crippen molar-refractivity contribution in [1.82, 2.24) is 20.2 Å². The summed E-state index contributed by atoms with van der Waals surface area (Å²) in [6.45, 7) is 1.54. The number of carbonyl (C=O) groups is 1. The maximum atomic E-state index is 12.0. The van der Waals surface area contributed by atoms with Crippen molar-refractivity contribution in [1.29, 1.82) is 0 Å². The van der Waals surface area contributed by atoms with E-state index in [-0.39, 0.29) is 17.1 Å². The van der Waals surface area contributed by atoms with Crippen LogP contribution in [0.25, 0.3) is 11.3 Å². The van der Waals surface area contributed by atoms with Crippen molar-refractivity contribution in [3.05, 3.63) is 42.2 Å². The molecule has 11 nitrogen and oxygen atoms in total. The molecule has 0 aliphatic heterocycles. The van der Waals surface area contributed by atoms with Crippen LogP contribution in [0.1, 0.15) is 17.3 Å². The first-order valence-electron chi connectivity index (χ1n) is 8.45. The number of carbonyl (C=O) groups excluding carboxylic acids is 1. The molecule has 5 N–H and O–H groups in total. The zero-order valence-electron chi connectivity index (χ0n) is 15.6. The topological polar surface area (TPSA) is 165 Å². The van der Waals surface area contributed by atoms with Gasteiger partial charge in [0.1, 0.15) is 11.4 Å². The molecule has 0 radical (unpaired) electrons. The highest BCUT2D eigenvalue weighted by Crippen LogP contribution is 2.29. The molecular weight excluding hydrogens is 398 g/mol. The smallest absolute Gasteiger partial charge is 0.254 e. The molecule has 0 saturated heterocycles. The van der Waals surface area contributed by atoms with Gasteiger partial charge in [0.25, 0.3) is 5.91 Å². The molecule has 1 amide bonds. The van der Waals surface area contributed by atoms with Crippen molar-refractivity contribution in [3.63, 3.8) is 0 Å². The van der Waals surface area contributed by atoms with Gasteiger partial charge in [-0.15, -0.1) is 0 Å². The van der Waals surface area contributed by atoms with Crippen LogP contribution in [0, 0.1) is 0 Å². The number of hydrogen-bond acceptors (Lipinski definition) is 8. The number of aromatic nitrogens is 4. The van der Waals surface area contributed by atoms with Gasteiger partial charge < -0.3 is 15.8 Å². The number of primary amides is 1. The molecule has 3 aromatic rings. The van der Waals surface area contributed by atoms with Crippen LogP contribution in [0.2, 0.25) is 0 Å². The Morgan fingerprint density at radius 1 is 1.21 bits per heavy atom. The van der Waals surface area contributed by atoms with Gasteiger partial charge in [-0.1, -0.05) is 12.1 Å². The van der Waals surface area contributed by atoms with Gasteiger partial charge in [0, 0.05) is 11.3 Å². The van der Waals surface area contributed by atoms with Crippen molar-refractivity contribution in [2.24, 2.45) is 5.73 Å². The molecule has 0 fully saturated rings. The fourth-order valence-corrected chi connectivity index (χ4v) is 3.08. The summed E-state index contributed by atoms with van der Waals surface area (Å²) in [5.41, 5.74) is 7.05. The molecule has 3 rings (SSSR count). The van der Waals surface area contributed by atoms with E-state index in [1.165, 1.54) is 19.5 Å². The van der Waals surface area contributed by atoms with Crippen LogP contribution in [-0.2, 0) is 10.0 Å². The highest BCUT2D eigenvalue weighted by Gasteiger charge is 2.20. The second-order valence-corrected chi connectivity index (χ2v) is 7.85. The zero-order valence-corrected chi connectivity index (χ0v) is 16.4. The summed E-state index contributed by atoms with van der Waals surface area (Å²) < 4.78 is 30.7. The average Bonchev–Trinajstić information content (AvgIpc) is 3.12. The lowest BCUT2D eigenvalue weighted by molar-refractivity contribution is 0.100. The number of benzene rings is 1. The van der Waals surface area contributed by atoms with E-state index in [0.29, 0.717) is 28.6 Å². The Morgan fingerprint density at radius 2 is 1.93 bits per heavy atom. The standard InChI is InChI=1S/C17H19N7O4S/c1-3-29(26,27)24-11-6-4-10(5-7-11)15-14(16(18)25)17(23-22-15)21-12-8-20-13(28-2)9-19-12/h4-9,24H,3H2,1-2H3,(H2,18,25)(H2,19,21,22,23). The summed E-state index contributed by atoms with van der Waals surface area (Å²) in [5, 5.41) is 9.75. The van der Waals surface area contributed by atoms with E-state index in [1.54, 1.807) is 31.2 Å². The maximum absolute atomic E-state index is 12.0. The van der Waals surface area contributed by atoms with E-state index in [1.807, 2.05) is 0 Å². The van der Waals surface area contributed by atoms with Gasteiger partial charge in [0.05, 0.1) is 31.0 Å². The average molecular weight is 417 g/mol. The molecule has 0 saturated carbocycles. The number of methoxy groups -OCH3 is 1. The maximum Gasteiger partial charge on any atom is 0.254 e. The fraction of sp³-hybridized carbons (Fsp3) is 0.176. The van der Waals surface area contributed by atoms with Crippen molar-refractivity contribution in [2.75, 3.05) is 22.9 Å². The Labute approximate surface area is 166 Å². The first-order valence-corrected chi connectivity index (χ1v) is 10.1. The number of amides is 1. The number of aromatic amines is 1. The Balaban J connectivity index is 1.89. The number of anilines is 3. The number of rotatable bonds is 8. The molecule has 152 valence electrons. The largest absolute Gasteiger partial charge is 0.480 e. The van der Waals surface area contributed by atoms with Gasteiger partial charge in [-0.25, -0.2) is 18.4 Å². The molecule has 29 heavy (non-hydrogen) atoms. The minimum absolute atomic E-state index is 0.0373. The Morgan fingerprint density at radius 3 is 2.48 bits per heavy atom. The van der Waals surface area contributed by atoms with Crippen LogP contribution in [0.4, 0.5) is 17.3 Å². The summed E-state index contributed by atoms with van der Waals surface area (Å²) in [6, 6.07) is 6.45. The third-order valence-electron chi connectivity index (χ3n) is 3.92. The van der Waals surface area contributed by atoms with Crippen LogP contribution in [0.15, 0.2) is 36.7 Å². The summed E-state index contributed by atoms with van der Waals surface area (Å²) in [7, 11) is -1.91. The number of sulfonamides is 1. The highest BCUT2D eigenvalue weighted by molar-refractivity contribution is 7.92. The number of nitrogens with two attached hydrogens (primary N) is 1. The SMILES string of the molecule is CCS(=O)(=O)Nc1ccc(-c2[nH]nc(Nc3cnc(OC)cn3)c2C(N)=O)cc1. The lowest BCUT2D eigenvalue weighted by atomic mass is 10.1. The molecule has 0 unspecified atom stereocenters.